The molecular formula is C28H35NO6. The normalized spacial score (nSPS) is 10.1. The quantitative estimate of drug-likeness (QED) is 0.264. The maximum atomic E-state index is 12.2. The first kappa shape index (κ1) is 29.3. The van der Waals surface area contributed by atoms with Gasteiger partial charge in [0.15, 0.2) is 0 Å². The predicted octanol–water partition coefficient (Wildman–Crippen LogP) is 4.71. The van der Waals surface area contributed by atoms with E-state index in [1.54, 1.807) is 32.9 Å². The van der Waals surface area contributed by atoms with Crippen molar-refractivity contribution in [1.29, 1.82) is 0 Å². The van der Waals surface area contributed by atoms with Gasteiger partial charge in [0.1, 0.15) is 22.7 Å². The van der Waals surface area contributed by atoms with Gasteiger partial charge in [-0.25, -0.2) is 9.59 Å². The van der Waals surface area contributed by atoms with Crippen molar-refractivity contribution >= 4 is 12.1 Å². The largest absolute Gasteiger partial charge is 0.492 e. The third kappa shape index (κ3) is 12.3. The zero-order valence-electron chi connectivity index (χ0n) is 21.1. The summed E-state index contributed by atoms with van der Waals surface area (Å²) in [6.07, 6.45) is 14.5. The Morgan fingerprint density at radius 3 is 1.94 bits per heavy atom. The zero-order valence-corrected chi connectivity index (χ0v) is 21.1. The average molecular weight is 482 g/mol. The highest BCUT2D eigenvalue weighted by atomic mass is 16.6. The van der Waals surface area contributed by atoms with Gasteiger partial charge in [0, 0.05) is 12.8 Å². The molecular weight excluding hydrogens is 446 g/mol. The van der Waals surface area contributed by atoms with Crippen LogP contribution >= 0.6 is 0 Å². The molecule has 0 atom stereocenters. The summed E-state index contributed by atoms with van der Waals surface area (Å²) in [6.45, 7) is 6.17. The number of benzene rings is 1. The standard InChI is InChI=1S/C28H35NO6/c1-7-9-11-13-18-33-24-20-22(26(30)32-6)21-25(34-19-14-12-10-8-2)23(24)16-15-17-29-27(31)35-28(3,4)5/h1-2,20-21H,9-14,17-19H2,3-6H3,(H,29,31). The van der Waals surface area contributed by atoms with E-state index in [4.69, 9.17) is 31.8 Å². The number of unbranched alkanes of at least 4 members (excludes halogenated alkanes) is 4. The molecule has 0 spiro atoms. The summed E-state index contributed by atoms with van der Waals surface area (Å²) in [4.78, 5) is 24.1. The smallest absolute Gasteiger partial charge is 0.408 e. The van der Waals surface area contributed by atoms with Crippen LogP contribution in [0.3, 0.4) is 0 Å². The van der Waals surface area contributed by atoms with E-state index in [0.29, 0.717) is 43.1 Å². The number of carbonyl (C=O) groups excluding carboxylic acids is 2. The van der Waals surface area contributed by atoms with Crippen LogP contribution in [0.15, 0.2) is 12.1 Å². The summed E-state index contributed by atoms with van der Waals surface area (Å²) >= 11 is 0. The summed E-state index contributed by atoms with van der Waals surface area (Å²) in [7, 11) is 1.30. The first-order chi connectivity index (χ1) is 16.7. The second-order valence-electron chi connectivity index (χ2n) is 8.52. The van der Waals surface area contributed by atoms with Crippen molar-refractivity contribution in [1.82, 2.24) is 5.32 Å². The number of esters is 1. The molecule has 1 amide bonds. The van der Waals surface area contributed by atoms with Crippen LogP contribution < -0.4 is 14.8 Å². The minimum absolute atomic E-state index is 0.0525. The van der Waals surface area contributed by atoms with Gasteiger partial charge in [0.25, 0.3) is 0 Å². The van der Waals surface area contributed by atoms with Crippen LogP contribution in [0.2, 0.25) is 0 Å². The Hall–Kier alpha value is -3.76. The summed E-state index contributed by atoms with van der Waals surface area (Å²) in [5.74, 6) is 11.3. The molecule has 0 radical (unpaired) electrons. The Morgan fingerprint density at radius 2 is 1.49 bits per heavy atom. The van der Waals surface area contributed by atoms with Crippen LogP contribution in [0, 0.1) is 36.5 Å². The molecule has 1 aromatic carbocycles. The molecule has 0 aliphatic heterocycles. The van der Waals surface area contributed by atoms with Crippen LogP contribution in [-0.4, -0.2) is 44.5 Å². The van der Waals surface area contributed by atoms with E-state index in [1.165, 1.54) is 7.11 Å². The van der Waals surface area contributed by atoms with Crippen LogP contribution in [0.4, 0.5) is 4.79 Å². The van der Waals surface area contributed by atoms with E-state index in [9.17, 15) is 9.59 Å². The van der Waals surface area contributed by atoms with Gasteiger partial charge in [-0.3, -0.25) is 0 Å². The van der Waals surface area contributed by atoms with Gasteiger partial charge in [0.05, 0.1) is 32.4 Å². The molecule has 0 fully saturated rings. The fourth-order valence-electron chi connectivity index (χ4n) is 2.76. The summed E-state index contributed by atoms with van der Waals surface area (Å²) in [5.41, 5.74) is 0.141. The highest BCUT2D eigenvalue weighted by Gasteiger charge is 2.18. The molecule has 0 heterocycles. The maximum absolute atomic E-state index is 12.2. The zero-order chi connectivity index (χ0) is 26.1. The summed E-state index contributed by atoms with van der Waals surface area (Å²) in [5, 5.41) is 2.59. The topological polar surface area (TPSA) is 83.1 Å². The number of hydrogen-bond acceptors (Lipinski definition) is 6. The molecule has 188 valence electrons. The lowest BCUT2D eigenvalue weighted by Crippen LogP contribution is -2.32. The van der Waals surface area contributed by atoms with Gasteiger partial charge in [-0.05, 0) is 58.6 Å². The molecule has 0 saturated carbocycles. The molecule has 1 aromatic rings. The van der Waals surface area contributed by atoms with E-state index >= 15 is 0 Å². The highest BCUT2D eigenvalue weighted by Crippen LogP contribution is 2.31. The lowest BCUT2D eigenvalue weighted by Gasteiger charge is -2.19. The Balaban J connectivity index is 3.16. The molecule has 0 aliphatic carbocycles. The number of carbonyl (C=O) groups is 2. The van der Waals surface area contributed by atoms with Crippen molar-refractivity contribution in [2.75, 3.05) is 26.9 Å². The summed E-state index contributed by atoms with van der Waals surface area (Å²) < 4.78 is 22.0. The molecule has 0 bridgehead atoms. The highest BCUT2D eigenvalue weighted by molar-refractivity contribution is 5.91. The van der Waals surface area contributed by atoms with Crippen molar-refractivity contribution in [2.24, 2.45) is 0 Å². The van der Waals surface area contributed by atoms with Gasteiger partial charge in [-0.1, -0.05) is 11.8 Å². The van der Waals surface area contributed by atoms with Gasteiger partial charge in [-0.15, -0.1) is 24.7 Å². The number of terminal acetylenes is 2. The number of rotatable bonds is 12. The average Bonchev–Trinajstić information content (AvgIpc) is 2.80. The third-order valence-corrected chi connectivity index (χ3v) is 4.37. The minimum atomic E-state index is -0.609. The van der Waals surface area contributed by atoms with E-state index in [2.05, 4.69) is 29.0 Å². The van der Waals surface area contributed by atoms with E-state index in [0.717, 1.165) is 25.7 Å². The van der Waals surface area contributed by atoms with E-state index in [1.807, 2.05) is 0 Å². The van der Waals surface area contributed by atoms with E-state index in [-0.39, 0.29) is 12.1 Å². The van der Waals surface area contributed by atoms with Gasteiger partial charge in [0.2, 0.25) is 0 Å². The molecule has 1 N–H and O–H groups in total. The maximum Gasteiger partial charge on any atom is 0.408 e. The van der Waals surface area contributed by atoms with Crippen molar-refractivity contribution in [2.45, 2.75) is 64.9 Å². The lowest BCUT2D eigenvalue weighted by atomic mass is 10.1. The Kier molecular flexibility index (Phi) is 13.4. The number of ether oxygens (including phenoxy) is 4. The predicted molar refractivity (Wildman–Crippen MR) is 135 cm³/mol. The first-order valence-corrected chi connectivity index (χ1v) is 11.6. The first-order valence-electron chi connectivity index (χ1n) is 11.6. The Labute approximate surface area is 209 Å². The number of methoxy groups -OCH3 is 1. The number of hydrogen-bond donors (Lipinski definition) is 1. The Bertz CT molecular complexity index is 937. The second kappa shape index (κ2) is 16.0. The SMILES string of the molecule is C#CCCCCOc1cc(C(=O)OC)cc(OCCCCC#C)c1C#CCNC(=O)OC(C)(C)C. The van der Waals surface area contributed by atoms with Crippen molar-refractivity contribution < 1.29 is 28.5 Å². The van der Waals surface area contributed by atoms with Crippen LogP contribution in [0.1, 0.15) is 75.2 Å². The van der Waals surface area contributed by atoms with E-state index < -0.39 is 17.7 Å². The van der Waals surface area contributed by atoms with Crippen LogP contribution in [-0.2, 0) is 9.47 Å². The second-order valence-corrected chi connectivity index (χ2v) is 8.52. The molecule has 7 heteroatoms. The Morgan fingerprint density at radius 1 is 0.943 bits per heavy atom. The number of alkyl carbamates (subject to hydrolysis) is 1. The molecule has 7 nitrogen and oxygen atoms in total. The van der Waals surface area contributed by atoms with Gasteiger partial charge in [-0.2, -0.15) is 0 Å². The molecule has 0 aliphatic rings. The molecule has 0 unspecified atom stereocenters. The molecule has 0 saturated heterocycles. The lowest BCUT2D eigenvalue weighted by molar-refractivity contribution is 0.0533. The minimum Gasteiger partial charge on any atom is -0.492 e. The van der Waals surface area contributed by atoms with Gasteiger partial charge >= 0.3 is 12.1 Å². The van der Waals surface area contributed by atoms with Gasteiger partial charge < -0.3 is 24.3 Å². The van der Waals surface area contributed by atoms with Crippen molar-refractivity contribution in [3.63, 3.8) is 0 Å². The number of nitrogens with one attached hydrogen (secondary N) is 1. The van der Waals surface area contributed by atoms with Crippen molar-refractivity contribution in [3.05, 3.63) is 23.3 Å². The van der Waals surface area contributed by atoms with Crippen LogP contribution in [0.5, 0.6) is 11.5 Å². The fraction of sp³-hybridized carbons (Fsp3) is 0.500. The third-order valence-electron chi connectivity index (χ3n) is 4.37. The molecule has 1 rings (SSSR count). The number of amides is 1. The summed E-state index contributed by atoms with van der Waals surface area (Å²) in [6, 6.07) is 3.15. The monoisotopic (exact) mass is 481 g/mol. The fourth-order valence-corrected chi connectivity index (χ4v) is 2.76. The molecule has 35 heavy (non-hydrogen) atoms. The van der Waals surface area contributed by atoms with Crippen molar-refractivity contribution in [3.8, 4) is 48.0 Å². The van der Waals surface area contributed by atoms with Crippen LogP contribution in [0.25, 0.3) is 0 Å². The molecule has 0 aromatic heterocycles.